The summed E-state index contributed by atoms with van der Waals surface area (Å²) in [5, 5.41) is 0. The molecule has 0 saturated heterocycles. The van der Waals surface area contributed by atoms with Crippen LogP contribution >= 0.6 is 0 Å². The lowest BCUT2D eigenvalue weighted by Gasteiger charge is -2.09. The number of para-hydroxylation sites is 1. The van der Waals surface area contributed by atoms with Crippen molar-refractivity contribution >= 4 is 5.78 Å². The van der Waals surface area contributed by atoms with Gasteiger partial charge in [0.1, 0.15) is 11.5 Å². The van der Waals surface area contributed by atoms with Crippen molar-refractivity contribution in [2.24, 2.45) is 0 Å². The zero-order valence-electron chi connectivity index (χ0n) is 12.1. The normalized spacial score (nSPS) is 10.2. The zero-order chi connectivity index (χ0) is 15.2. The predicted octanol–water partition coefficient (Wildman–Crippen LogP) is 3.20. The minimum absolute atomic E-state index is 0.0289. The molecular weight excluding hydrogens is 271 g/mol. The molecule has 0 spiro atoms. The highest BCUT2D eigenvalue weighted by Gasteiger charge is 2.14. The number of carbonyl (C=O) groups excluding carboxylic acids is 1. The third-order valence-corrected chi connectivity index (χ3v) is 3.23. The lowest BCUT2D eigenvalue weighted by molar-refractivity contribution is -0.117. The van der Waals surface area contributed by atoms with Gasteiger partial charge in [-0.2, -0.15) is 0 Å². The monoisotopic (exact) mass is 288 g/mol. The Hall–Kier alpha value is -2.36. The fraction of sp³-hybridized carbons (Fsp3) is 0.235. The second kappa shape index (κ2) is 6.88. The summed E-state index contributed by atoms with van der Waals surface area (Å²) in [6.45, 7) is 0. The van der Waals surface area contributed by atoms with E-state index >= 15 is 0 Å². The summed E-state index contributed by atoms with van der Waals surface area (Å²) in [4.78, 5) is 12.1. The van der Waals surface area contributed by atoms with E-state index in [1.165, 1.54) is 13.2 Å². The smallest absolute Gasteiger partial charge is 0.168 e. The van der Waals surface area contributed by atoms with Gasteiger partial charge in [0.05, 0.1) is 14.2 Å². The molecule has 0 atom stereocenters. The highest BCUT2D eigenvalue weighted by Crippen LogP contribution is 2.22. The number of hydrogen-bond acceptors (Lipinski definition) is 3. The van der Waals surface area contributed by atoms with E-state index in [2.05, 4.69) is 0 Å². The molecule has 0 fully saturated rings. The maximum atomic E-state index is 14.0. The topological polar surface area (TPSA) is 35.5 Å². The SMILES string of the molecule is COc1ccccc1CC(=O)Cc1cccc(OC)c1F. The molecule has 0 aliphatic heterocycles. The Morgan fingerprint density at radius 2 is 1.48 bits per heavy atom. The number of hydrogen-bond donors (Lipinski definition) is 0. The quantitative estimate of drug-likeness (QED) is 0.819. The molecule has 3 nitrogen and oxygen atoms in total. The molecule has 0 radical (unpaired) electrons. The van der Waals surface area contributed by atoms with Crippen LogP contribution in [0.5, 0.6) is 11.5 Å². The third-order valence-electron chi connectivity index (χ3n) is 3.23. The molecule has 2 rings (SSSR count). The lowest BCUT2D eigenvalue weighted by Crippen LogP contribution is -2.09. The largest absolute Gasteiger partial charge is 0.496 e. The van der Waals surface area contributed by atoms with Gasteiger partial charge in [0.15, 0.2) is 11.6 Å². The summed E-state index contributed by atoms with van der Waals surface area (Å²) in [6, 6.07) is 12.1. The maximum absolute atomic E-state index is 14.0. The molecule has 0 aliphatic rings. The van der Waals surface area contributed by atoms with Gasteiger partial charge in [-0.15, -0.1) is 0 Å². The summed E-state index contributed by atoms with van der Waals surface area (Å²) >= 11 is 0. The van der Waals surface area contributed by atoms with Gasteiger partial charge in [-0.25, -0.2) is 4.39 Å². The van der Waals surface area contributed by atoms with Gasteiger partial charge in [0.2, 0.25) is 0 Å². The average molecular weight is 288 g/mol. The molecule has 0 saturated carbocycles. The van der Waals surface area contributed by atoms with E-state index in [9.17, 15) is 9.18 Å². The summed E-state index contributed by atoms with van der Waals surface area (Å²) in [6.07, 6.45) is 0.238. The molecular formula is C17H17FO3. The van der Waals surface area contributed by atoms with Crippen LogP contribution in [-0.2, 0) is 17.6 Å². The van der Waals surface area contributed by atoms with Crippen molar-refractivity contribution < 1.29 is 18.7 Å². The van der Waals surface area contributed by atoms with Gasteiger partial charge < -0.3 is 9.47 Å². The van der Waals surface area contributed by atoms with Crippen LogP contribution in [-0.4, -0.2) is 20.0 Å². The number of ether oxygens (including phenoxy) is 2. The van der Waals surface area contributed by atoms with Crippen molar-refractivity contribution in [1.82, 2.24) is 0 Å². The van der Waals surface area contributed by atoms with Crippen molar-refractivity contribution in [3.8, 4) is 11.5 Å². The van der Waals surface area contributed by atoms with Gasteiger partial charge in [-0.05, 0) is 17.7 Å². The van der Waals surface area contributed by atoms with Crippen LogP contribution < -0.4 is 9.47 Å². The maximum Gasteiger partial charge on any atom is 0.168 e. The molecule has 0 unspecified atom stereocenters. The number of Topliss-reactive ketones (excluding diaryl/α,β-unsaturated/α-hetero) is 1. The second-order valence-electron chi connectivity index (χ2n) is 4.64. The number of rotatable bonds is 6. The standard InChI is InChI=1S/C17H17FO3/c1-20-15-8-4-3-6-12(15)10-14(19)11-13-7-5-9-16(21-2)17(13)18/h3-9H,10-11H2,1-2H3. The van der Waals surface area contributed by atoms with E-state index in [0.717, 1.165) is 5.56 Å². The Labute approximate surface area is 123 Å². The number of methoxy groups -OCH3 is 2. The first-order chi connectivity index (χ1) is 10.2. The Kier molecular flexibility index (Phi) is 4.93. The van der Waals surface area contributed by atoms with Crippen LogP contribution in [0.25, 0.3) is 0 Å². The summed E-state index contributed by atoms with van der Waals surface area (Å²) < 4.78 is 24.1. The number of benzene rings is 2. The van der Waals surface area contributed by atoms with Crippen LogP contribution in [0.15, 0.2) is 42.5 Å². The number of ketones is 1. The van der Waals surface area contributed by atoms with E-state index in [0.29, 0.717) is 11.3 Å². The van der Waals surface area contributed by atoms with Crippen molar-refractivity contribution in [2.75, 3.05) is 14.2 Å². The number of carbonyl (C=O) groups is 1. The van der Waals surface area contributed by atoms with E-state index in [1.807, 2.05) is 18.2 Å². The predicted molar refractivity (Wildman–Crippen MR) is 78.4 cm³/mol. The molecule has 0 N–H and O–H groups in total. The van der Waals surface area contributed by atoms with Crippen LogP contribution in [0.2, 0.25) is 0 Å². The van der Waals surface area contributed by atoms with Gasteiger partial charge in [0, 0.05) is 18.4 Å². The van der Waals surface area contributed by atoms with Crippen LogP contribution in [0.3, 0.4) is 0 Å². The zero-order valence-corrected chi connectivity index (χ0v) is 12.1. The Bertz CT molecular complexity index is 638. The van der Waals surface area contributed by atoms with Gasteiger partial charge in [-0.1, -0.05) is 30.3 Å². The van der Waals surface area contributed by atoms with E-state index in [-0.39, 0.29) is 24.4 Å². The van der Waals surface area contributed by atoms with Crippen molar-refractivity contribution in [3.05, 3.63) is 59.4 Å². The van der Waals surface area contributed by atoms with Crippen molar-refractivity contribution in [1.29, 1.82) is 0 Å². The van der Waals surface area contributed by atoms with Crippen molar-refractivity contribution in [2.45, 2.75) is 12.8 Å². The first kappa shape index (κ1) is 15.0. The fourth-order valence-electron chi connectivity index (χ4n) is 2.19. The Morgan fingerprint density at radius 1 is 0.905 bits per heavy atom. The molecule has 21 heavy (non-hydrogen) atoms. The molecule has 2 aromatic rings. The molecule has 4 heteroatoms. The molecule has 110 valence electrons. The molecule has 0 aromatic heterocycles. The molecule has 2 aromatic carbocycles. The van der Waals surface area contributed by atoms with Crippen LogP contribution in [0, 0.1) is 5.82 Å². The van der Waals surface area contributed by atoms with Crippen LogP contribution in [0.4, 0.5) is 4.39 Å². The molecule has 0 aliphatic carbocycles. The molecule has 0 amide bonds. The summed E-state index contributed by atoms with van der Waals surface area (Å²) in [5.74, 6) is 0.259. The molecule has 0 heterocycles. The minimum Gasteiger partial charge on any atom is -0.496 e. The summed E-state index contributed by atoms with van der Waals surface area (Å²) in [7, 11) is 2.96. The van der Waals surface area contributed by atoms with Gasteiger partial charge >= 0.3 is 0 Å². The second-order valence-corrected chi connectivity index (χ2v) is 4.64. The average Bonchev–Trinajstić information content (AvgIpc) is 2.50. The highest BCUT2D eigenvalue weighted by molar-refractivity contribution is 5.83. The lowest BCUT2D eigenvalue weighted by atomic mass is 10.0. The number of halogens is 1. The van der Waals surface area contributed by atoms with E-state index in [1.54, 1.807) is 25.3 Å². The first-order valence-corrected chi connectivity index (χ1v) is 6.60. The fourth-order valence-corrected chi connectivity index (χ4v) is 2.19. The van der Waals surface area contributed by atoms with Crippen LogP contribution in [0.1, 0.15) is 11.1 Å². The third kappa shape index (κ3) is 3.60. The van der Waals surface area contributed by atoms with E-state index < -0.39 is 5.82 Å². The highest BCUT2D eigenvalue weighted by atomic mass is 19.1. The van der Waals surface area contributed by atoms with Gasteiger partial charge in [-0.3, -0.25) is 4.79 Å². The molecule has 0 bridgehead atoms. The first-order valence-electron chi connectivity index (χ1n) is 6.60. The van der Waals surface area contributed by atoms with Gasteiger partial charge in [0.25, 0.3) is 0 Å². The van der Waals surface area contributed by atoms with E-state index in [4.69, 9.17) is 9.47 Å². The minimum atomic E-state index is -0.478. The summed E-state index contributed by atoms with van der Waals surface area (Å²) in [5.41, 5.74) is 1.14. The van der Waals surface area contributed by atoms with Crippen molar-refractivity contribution in [3.63, 3.8) is 0 Å². The Morgan fingerprint density at radius 3 is 2.19 bits per heavy atom. The Balaban J connectivity index is 2.12.